The van der Waals surface area contributed by atoms with Gasteiger partial charge in [-0.25, -0.2) is 27.5 Å². The first-order valence-electron chi connectivity index (χ1n) is 18.8. The maximum absolute atomic E-state index is 15.7. The zero-order chi connectivity index (χ0) is 40.4. The molecule has 1 aliphatic heterocycles. The Hall–Kier alpha value is -5.96. The largest absolute Gasteiger partial charge is 0.363 e. The Kier molecular flexibility index (Phi) is 11.5. The molecule has 4 heterocycles. The molecule has 2 N–H and O–H groups in total. The Labute approximate surface area is 327 Å². The monoisotopic (exact) mass is 781 g/mol. The lowest BCUT2D eigenvalue weighted by Crippen LogP contribution is -2.32. The SMILES string of the molecule is Cc1nc(NC(C)c2cccc(C(F)F)c2F)c2cc(-c3cccc(CN4CCC(c5cc6c(cc5F)c(N(C)CCC(=O)NC=O)nn6C)CC4)c3)ncc2n1. The van der Waals surface area contributed by atoms with Crippen LogP contribution in [-0.2, 0) is 23.2 Å². The molecule has 0 saturated carbocycles. The van der Waals surface area contributed by atoms with Crippen molar-refractivity contribution in [3.8, 4) is 11.3 Å². The maximum Gasteiger partial charge on any atom is 0.266 e. The molecular formula is C42H43F4N9O2. The van der Waals surface area contributed by atoms with Gasteiger partial charge in [0.1, 0.15) is 23.3 Å². The molecule has 1 unspecified atom stereocenters. The number of piperidine rings is 1. The molecule has 6 aromatic rings. The first-order chi connectivity index (χ1) is 27.4. The molecule has 0 aliphatic carbocycles. The second kappa shape index (κ2) is 16.6. The molecule has 296 valence electrons. The highest BCUT2D eigenvalue weighted by atomic mass is 19.3. The van der Waals surface area contributed by atoms with Gasteiger partial charge in [-0.2, -0.15) is 5.10 Å². The minimum absolute atomic E-state index is 0.0445. The van der Waals surface area contributed by atoms with Crippen LogP contribution in [0.3, 0.4) is 0 Å². The van der Waals surface area contributed by atoms with Crippen LogP contribution in [0, 0.1) is 18.6 Å². The van der Waals surface area contributed by atoms with Crippen LogP contribution < -0.4 is 15.5 Å². The first kappa shape index (κ1) is 39.3. The van der Waals surface area contributed by atoms with Gasteiger partial charge in [0.25, 0.3) is 6.43 Å². The van der Waals surface area contributed by atoms with E-state index in [0.29, 0.717) is 64.5 Å². The van der Waals surface area contributed by atoms with Gasteiger partial charge in [0, 0.05) is 55.5 Å². The van der Waals surface area contributed by atoms with E-state index in [4.69, 9.17) is 4.98 Å². The molecule has 3 aromatic carbocycles. The number of nitrogens with zero attached hydrogens (tertiary/aromatic N) is 7. The number of rotatable bonds is 13. The number of aryl methyl sites for hydroxylation is 2. The fourth-order valence-electron chi connectivity index (χ4n) is 7.64. The molecule has 15 heteroatoms. The molecule has 1 saturated heterocycles. The molecule has 7 rings (SSSR count). The van der Waals surface area contributed by atoms with Gasteiger partial charge in [0.2, 0.25) is 12.3 Å². The Balaban J connectivity index is 1.03. The number of halogens is 4. The van der Waals surface area contributed by atoms with Gasteiger partial charge in [-0.05, 0) is 81.1 Å². The average Bonchev–Trinajstić information content (AvgIpc) is 3.51. The number of hydrogen-bond donors (Lipinski definition) is 2. The Morgan fingerprint density at radius 2 is 1.77 bits per heavy atom. The van der Waals surface area contributed by atoms with E-state index >= 15 is 8.78 Å². The molecular weight excluding hydrogens is 739 g/mol. The number of nitrogens with one attached hydrogen (secondary N) is 2. The molecule has 57 heavy (non-hydrogen) atoms. The number of benzene rings is 3. The summed E-state index contributed by atoms with van der Waals surface area (Å²) in [6.07, 6.45) is 0.770. The summed E-state index contributed by atoms with van der Waals surface area (Å²) in [5.74, 6) is -0.0833. The van der Waals surface area contributed by atoms with Crippen LogP contribution in [0.15, 0.2) is 66.9 Å². The Bertz CT molecular complexity index is 2450. The summed E-state index contributed by atoms with van der Waals surface area (Å²) in [7, 11) is 3.60. The number of hydrogen-bond acceptors (Lipinski definition) is 9. The van der Waals surface area contributed by atoms with E-state index in [-0.39, 0.29) is 23.7 Å². The summed E-state index contributed by atoms with van der Waals surface area (Å²) in [5, 5.41) is 11.3. The van der Waals surface area contributed by atoms with Crippen molar-refractivity contribution in [2.45, 2.75) is 58.0 Å². The van der Waals surface area contributed by atoms with Gasteiger partial charge in [0.05, 0.1) is 34.5 Å². The average molecular weight is 782 g/mol. The van der Waals surface area contributed by atoms with Gasteiger partial charge in [0.15, 0.2) is 5.82 Å². The number of amides is 2. The number of carbonyl (C=O) groups is 2. The van der Waals surface area contributed by atoms with E-state index in [1.807, 2.05) is 31.3 Å². The van der Waals surface area contributed by atoms with Crippen LogP contribution in [0.25, 0.3) is 33.1 Å². The highest BCUT2D eigenvalue weighted by molar-refractivity contribution is 5.92. The quantitative estimate of drug-likeness (QED) is 0.0895. The number of anilines is 2. The minimum Gasteiger partial charge on any atom is -0.363 e. The number of likely N-dealkylation sites (tertiary alicyclic amines) is 1. The standard InChI is InChI=1S/C42H43F4N9O2/c1-24(29-9-6-10-30(39(29)44)40(45)46)49-41-32-19-35(47-21-36(32)50-25(2)51-41)28-8-5-7-26(17-28)22-55-15-11-27(12-16-55)31-20-37-33(18-34(31)43)42(52-54(37)4)53(3)14-13-38(57)48-23-56/h5-10,17-21,23-24,27,40H,11-16,22H2,1-4H3,(H,48,56,57)(H,49,50,51). The predicted molar refractivity (Wildman–Crippen MR) is 211 cm³/mol. The van der Waals surface area contributed by atoms with Crippen molar-refractivity contribution in [1.29, 1.82) is 0 Å². The van der Waals surface area contributed by atoms with Crippen LogP contribution in [0.1, 0.15) is 72.6 Å². The Morgan fingerprint density at radius 3 is 2.53 bits per heavy atom. The lowest BCUT2D eigenvalue weighted by atomic mass is 9.88. The van der Waals surface area contributed by atoms with Crippen molar-refractivity contribution in [3.63, 3.8) is 0 Å². The van der Waals surface area contributed by atoms with Crippen LogP contribution in [0.4, 0.5) is 29.2 Å². The van der Waals surface area contributed by atoms with Gasteiger partial charge >= 0.3 is 0 Å². The van der Waals surface area contributed by atoms with E-state index in [9.17, 15) is 18.4 Å². The molecule has 0 radical (unpaired) electrons. The van der Waals surface area contributed by atoms with E-state index < -0.39 is 29.8 Å². The van der Waals surface area contributed by atoms with Crippen LogP contribution in [0.5, 0.6) is 0 Å². The van der Waals surface area contributed by atoms with Crippen molar-refractivity contribution in [3.05, 3.63) is 107 Å². The number of alkyl halides is 2. The molecule has 11 nitrogen and oxygen atoms in total. The van der Waals surface area contributed by atoms with Crippen molar-refractivity contribution >= 4 is 45.8 Å². The number of pyridine rings is 1. The third-order valence-electron chi connectivity index (χ3n) is 10.7. The van der Waals surface area contributed by atoms with E-state index in [2.05, 4.69) is 42.7 Å². The van der Waals surface area contributed by atoms with Crippen molar-refractivity contribution in [2.75, 3.05) is 36.9 Å². The van der Waals surface area contributed by atoms with E-state index in [1.54, 1.807) is 36.7 Å². The first-order valence-corrected chi connectivity index (χ1v) is 18.8. The Morgan fingerprint density at radius 1 is 1.02 bits per heavy atom. The molecule has 2 amide bonds. The number of fused-ring (bicyclic) bond motifs is 2. The molecule has 0 bridgehead atoms. The van der Waals surface area contributed by atoms with Crippen molar-refractivity contribution in [2.24, 2.45) is 7.05 Å². The third kappa shape index (κ3) is 8.43. The summed E-state index contributed by atoms with van der Waals surface area (Å²) >= 11 is 0. The van der Waals surface area contributed by atoms with Crippen LogP contribution in [-0.4, -0.2) is 68.6 Å². The summed E-state index contributed by atoms with van der Waals surface area (Å²) in [6.45, 7) is 6.03. The summed E-state index contributed by atoms with van der Waals surface area (Å²) in [4.78, 5) is 40.3. The second-order valence-corrected chi connectivity index (χ2v) is 14.6. The number of carbonyl (C=O) groups excluding carboxylic acids is 2. The van der Waals surface area contributed by atoms with Crippen molar-refractivity contribution in [1.82, 2.24) is 34.9 Å². The highest BCUT2D eigenvalue weighted by Gasteiger charge is 2.26. The maximum atomic E-state index is 15.7. The zero-order valence-electron chi connectivity index (χ0n) is 32.1. The smallest absolute Gasteiger partial charge is 0.266 e. The number of imide groups is 1. The van der Waals surface area contributed by atoms with E-state index in [0.717, 1.165) is 48.6 Å². The summed E-state index contributed by atoms with van der Waals surface area (Å²) in [5.41, 5.74) is 4.21. The highest BCUT2D eigenvalue weighted by Crippen LogP contribution is 2.36. The molecule has 1 atom stereocenters. The molecule has 3 aromatic heterocycles. The van der Waals surface area contributed by atoms with Crippen molar-refractivity contribution < 1.29 is 27.2 Å². The van der Waals surface area contributed by atoms with Gasteiger partial charge in [-0.15, -0.1) is 0 Å². The van der Waals surface area contributed by atoms with E-state index in [1.165, 1.54) is 18.2 Å². The zero-order valence-corrected chi connectivity index (χ0v) is 32.1. The lowest BCUT2D eigenvalue weighted by molar-refractivity contribution is -0.125. The van der Waals surface area contributed by atoms with Crippen LogP contribution in [0.2, 0.25) is 0 Å². The van der Waals surface area contributed by atoms with Crippen LogP contribution >= 0.6 is 0 Å². The normalized spacial score (nSPS) is 14.3. The fourth-order valence-corrected chi connectivity index (χ4v) is 7.64. The molecule has 0 spiro atoms. The fraction of sp³-hybridized carbons (Fsp3) is 0.333. The summed E-state index contributed by atoms with van der Waals surface area (Å²) in [6, 6.07) is 16.8. The minimum atomic E-state index is -2.93. The lowest BCUT2D eigenvalue weighted by Gasteiger charge is -2.32. The second-order valence-electron chi connectivity index (χ2n) is 14.6. The topological polar surface area (TPSA) is 121 Å². The van der Waals surface area contributed by atoms with Gasteiger partial charge in [-0.1, -0.05) is 36.4 Å². The molecule has 1 aliphatic rings. The third-order valence-corrected chi connectivity index (χ3v) is 10.7. The van der Waals surface area contributed by atoms with Gasteiger partial charge in [-0.3, -0.25) is 29.5 Å². The molecule has 1 fully saturated rings. The number of aromatic nitrogens is 5. The van der Waals surface area contributed by atoms with Gasteiger partial charge < -0.3 is 10.2 Å². The summed E-state index contributed by atoms with van der Waals surface area (Å²) < 4.78 is 59.3. The predicted octanol–water partition coefficient (Wildman–Crippen LogP) is 7.75.